The number of carbonyl (C=O) groups is 1. The Balaban J connectivity index is 2.74. The van der Waals surface area contributed by atoms with E-state index in [1.807, 2.05) is 0 Å². The number of hydrogen-bond acceptors (Lipinski definition) is 1. The van der Waals surface area contributed by atoms with E-state index in [1.54, 1.807) is 0 Å². The van der Waals surface area contributed by atoms with Crippen LogP contribution in [0, 0.1) is 0 Å². The summed E-state index contributed by atoms with van der Waals surface area (Å²) in [4.78, 5) is 11.1. The fourth-order valence-corrected chi connectivity index (χ4v) is 1.15. The first kappa shape index (κ1) is 7.26. The molecule has 0 aromatic carbocycles. The van der Waals surface area contributed by atoms with Crippen molar-refractivity contribution >= 4 is 5.78 Å². The molecule has 1 heteroatoms. The summed E-state index contributed by atoms with van der Waals surface area (Å²) in [6.07, 6.45) is 3.89. The van der Waals surface area contributed by atoms with E-state index in [9.17, 15) is 4.79 Å². The van der Waals surface area contributed by atoms with Gasteiger partial charge in [0.05, 0.1) is 0 Å². The minimum atomic E-state index is 0.0949. The Morgan fingerprint density at radius 2 is 1.40 bits per heavy atom. The van der Waals surface area contributed by atoms with E-state index in [4.69, 9.17) is 0 Å². The number of rotatable bonds is 0. The second kappa shape index (κ2) is 2.82. The summed E-state index contributed by atoms with van der Waals surface area (Å²) in [5, 5.41) is 0. The van der Waals surface area contributed by atoms with Crippen molar-refractivity contribution in [2.75, 3.05) is 0 Å². The molecule has 1 aliphatic rings. The highest BCUT2D eigenvalue weighted by Crippen LogP contribution is 2.20. The molecule has 0 heterocycles. The van der Waals surface area contributed by atoms with Gasteiger partial charge in [0.1, 0.15) is 0 Å². The molecule has 1 rings (SSSR count). The van der Waals surface area contributed by atoms with Crippen molar-refractivity contribution in [3.63, 3.8) is 0 Å². The van der Waals surface area contributed by atoms with Gasteiger partial charge in [0, 0.05) is 0 Å². The lowest BCUT2D eigenvalue weighted by molar-refractivity contribution is -0.112. The molecule has 0 atom stereocenters. The van der Waals surface area contributed by atoms with Crippen LogP contribution < -0.4 is 0 Å². The van der Waals surface area contributed by atoms with Crippen LogP contribution in [0.4, 0.5) is 0 Å². The van der Waals surface area contributed by atoms with E-state index < -0.39 is 0 Å². The largest absolute Gasteiger partial charge is 0.289 e. The van der Waals surface area contributed by atoms with Gasteiger partial charge in [-0.1, -0.05) is 13.2 Å². The lowest BCUT2D eigenvalue weighted by Crippen LogP contribution is -2.00. The van der Waals surface area contributed by atoms with Crippen molar-refractivity contribution < 1.29 is 4.79 Å². The molecule has 0 aromatic rings. The molecule has 0 saturated heterocycles. The lowest BCUT2D eigenvalue weighted by Gasteiger charge is -1.97. The number of carbonyl (C=O) groups excluding carboxylic acids is 1. The highest BCUT2D eigenvalue weighted by Gasteiger charge is 2.14. The number of allylic oxidation sites excluding steroid dienone is 2. The molecule has 0 N–H and O–H groups in total. The summed E-state index contributed by atoms with van der Waals surface area (Å²) in [6, 6.07) is 0. The molecule has 10 heavy (non-hydrogen) atoms. The van der Waals surface area contributed by atoms with Gasteiger partial charge in [-0.05, 0) is 36.8 Å². The Morgan fingerprint density at radius 1 is 1.00 bits per heavy atom. The van der Waals surface area contributed by atoms with Gasteiger partial charge in [-0.3, -0.25) is 4.79 Å². The maximum absolute atomic E-state index is 11.1. The van der Waals surface area contributed by atoms with Crippen LogP contribution in [0.3, 0.4) is 0 Å². The van der Waals surface area contributed by atoms with E-state index >= 15 is 0 Å². The predicted molar refractivity (Wildman–Crippen MR) is 41.8 cm³/mol. The molecule has 0 aromatic heterocycles. The predicted octanol–water partition coefficient (Wildman–Crippen LogP) is 2.24. The molecule has 1 nitrogen and oxygen atoms in total. The number of ketones is 1. The molecule has 54 valence electrons. The molecule has 0 amide bonds. The van der Waals surface area contributed by atoms with Gasteiger partial charge >= 0.3 is 0 Å². The van der Waals surface area contributed by atoms with E-state index in [2.05, 4.69) is 13.2 Å². The van der Waals surface area contributed by atoms with E-state index in [0.29, 0.717) is 0 Å². The summed E-state index contributed by atoms with van der Waals surface area (Å²) in [7, 11) is 0. The minimum absolute atomic E-state index is 0.0949. The van der Waals surface area contributed by atoms with Crippen molar-refractivity contribution in [3.05, 3.63) is 24.3 Å². The zero-order valence-electron chi connectivity index (χ0n) is 6.15. The van der Waals surface area contributed by atoms with Crippen molar-refractivity contribution in [2.24, 2.45) is 0 Å². The molecule has 0 bridgehead atoms. The summed E-state index contributed by atoms with van der Waals surface area (Å²) in [5.74, 6) is 0.0949. The average Bonchev–Trinajstić information content (AvgIpc) is 2.04. The van der Waals surface area contributed by atoms with Gasteiger partial charge in [-0.15, -0.1) is 0 Å². The highest BCUT2D eigenvalue weighted by atomic mass is 16.1. The Kier molecular flexibility index (Phi) is 2.05. The minimum Gasteiger partial charge on any atom is -0.289 e. The monoisotopic (exact) mass is 136 g/mol. The Bertz CT molecular complexity index is 169. The van der Waals surface area contributed by atoms with Crippen LogP contribution in [0.1, 0.15) is 25.7 Å². The van der Waals surface area contributed by atoms with Crippen LogP contribution in [0.25, 0.3) is 0 Å². The molecule has 0 radical (unpaired) electrons. The average molecular weight is 136 g/mol. The fourth-order valence-electron chi connectivity index (χ4n) is 1.15. The quantitative estimate of drug-likeness (QED) is 0.368. The van der Waals surface area contributed by atoms with Crippen molar-refractivity contribution in [1.29, 1.82) is 0 Å². The number of hydrogen-bond donors (Lipinski definition) is 0. The molecule has 0 aliphatic heterocycles. The zero-order chi connectivity index (χ0) is 7.56. The van der Waals surface area contributed by atoms with Crippen LogP contribution in [-0.2, 0) is 4.79 Å². The maximum Gasteiger partial charge on any atom is 0.183 e. The molecule has 0 spiro atoms. The van der Waals surface area contributed by atoms with Gasteiger partial charge in [0.2, 0.25) is 0 Å². The first-order valence-corrected chi connectivity index (χ1v) is 3.62. The van der Waals surface area contributed by atoms with Gasteiger partial charge < -0.3 is 0 Å². The van der Waals surface area contributed by atoms with E-state index in [-0.39, 0.29) is 5.78 Å². The van der Waals surface area contributed by atoms with Gasteiger partial charge in [0.25, 0.3) is 0 Å². The smallest absolute Gasteiger partial charge is 0.183 e. The third-order valence-corrected chi connectivity index (χ3v) is 1.85. The molecular weight excluding hydrogens is 124 g/mol. The van der Waals surface area contributed by atoms with E-state index in [0.717, 1.165) is 36.8 Å². The zero-order valence-corrected chi connectivity index (χ0v) is 6.15. The normalized spacial score (nSPS) is 21.0. The summed E-state index contributed by atoms with van der Waals surface area (Å²) >= 11 is 0. The van der Waals surface area contributed by atoms with Crippen molar-refractivity contribution in [1.82, 2.24) is 0 Å². The molecule has 0 unspecified atom stereocenters. The SMILES string of the molecule is C=C1CCCCC(=C)C1=O. The van der Waals surface area contributed by atoms with Crippen LogP contribution in [0.2, 0.25) is 0 Å². The van der Waals surface area contributed by atoms with Gasteiger partial charge in [-0.25, -0.2) is 0 Å². The van der Waals surface area contributed by atoms with E-state index in [1.165, 1.54) is 0 Å². The molecule has 1 fully saturated rings. The highest BCUT2D eigenvalue weighted by molar-refractivity contribution is 6.07. The first-order valence-electron chi connectivity index (χ1n) is 3.62. The van der Waals surface area contributed by atoms with Gasteiger partial charge in [-0.2, -0.15) is 0 Å². The Hall–Kier alpha value is -0.850. The van der Waals surface area contributed by atoms with Crippen LogP contribution in [-0.4, -0.2) is 5.78 Å². The molecular formula is C9H12O. The van der Waals surface area contributed by atoms with Crippen LogP contribution >= 0.6 is 0 Å². The lowest BCUT2D eigenvalue weighted by atomic mass is 10.1. The van der Waals surface area contributed by atoms with Crippen LogP contribution in [0.5, 0.6) is 0 Å². The Labute approximate surface area is 61.4 Å². The van der Waals surface area contributed by atoms with Crippen molar-refractivity contribution in [3.8, 4) is 0 Å². The number of Topliss-reactive ketones (excluding diaryl/α,β-unsaturated/α-hetero) is 1. The summed E-state index contributed by atoms with van der Waals surface area (Å²) in [5.41, 5.74) is 1.48. The topological polar surface area (TPSA) is 17.1 Å². The maximum atomic E-state index is 11.1. The second-order valence-electron chi connectivity index (χ2n) is 2.74. The summed E-state index contributed by atoms with van der Waals surface area (Å²) < 4.78 is 0. The molecule has 1 saturated carbocycles. The van der Waals surface area contributed by atoms with Gasteiger partial charge in [0.15, 0.2) is 5.78 Å². The standard InChI is InChI=1S/C9H12O/c1-7-5-3-4-6-8(2)9(7)10/h1-6H2. The second-order valence-corrected chi connectivity index (χ2v) is 2.74. The Morgan fingerprint density at radius 3 is 1.80 bits per heavy atom. The van der Waals surface area contributed by atoms with Crippen molar-refractivity contribution in [2.45, 2.75) is 25.7 Å². The summed E-state index contributed by atoms with van der Waals surface area (Å²) in [6.45, 7) is 7.39. The third kappa shape index (κ3) is 1.35. The third-order valence-electron chi connectivity index (χ3n) is 1.85. The first-order chi connectivity index (χ1) is 4.72. The fraction of sp³-hybridized carbons (Fsp3) is 0.444. The molecule has 1 aliphatic carbocycles. The van der Waals surface area contributed by atoms with Crippen LogP contribution in [0.15, 0.2) is 24.3 Å².